The molecule has 1 N–H and O–H groups in total. The lowest BCUT2D eigenvalue weighted by molar-refractivity contribution is -0.139. The Morgan fingerprint density at radius 2 is 1.72 bits per heavy atom. The van der Waals surface area contributed by atoms with Gasteiger partial charge >= 0.3 is 5.97 Å². The smallest absolute Gasteiger partial charge is 0.309 e. The average Bonchev–Trinajstić information content (AvgIpc) is 3.79. The molecule has 1 aromatic carbocycles. The second-order valence-electron chi connectivity index (χ2n) is 12.7. The summed E-state index contributed by atoms with van der Waals surface area (Å²) in [5, 5.41) is 0. The van der Waals surface area contributed by atoms with Crippen LogP contribution in [0.1, 0.15) is 75.1 Å². The third-order valence-corrected chi connectivity index (χ3v) is 9.81. The zero-order chi connectivity index (χ0) is 30.1. The average molecular weight is 590 g/mol. The number of hydrogen-bond acceptors (Lipinski definition) is 7. The van der Waals surface area contributed by atoms with Crippen LogP contribution in [0.15, 0.2) is 49.1 Å². The highest BCUT2D eigenvalue weighted by Crippen LogP contribution is 2.41. The van der Waals surface area contributed by atoms with Gasteiger partial charge in [0.15, 0.2) is 0 Å². The fourth-order valence-corrected chi connectivity index (χ4v) is 7.18. The van der Waals surface area contributed by atoms with Gasteiger partial charge in [0.25, 0.3) is 0 Å². The van der Waals surface area contributed by atoms with E-state index in [0.29, 0.717) is 18.4 Å². The summed E-state index contributed by atoms with van der Waals surface area (Å²) in [7, 11) is 1.42. The van der Waals surface area contributed by atoms with Crippen LogP contribution in [0.3, 0.4) is 0 Å². The van der Waals surface area contributed by atoms with Crippen molar-refractivity contribution in [1.82, 2.24) is 34.2 Å². The van der Waals surface area contributed by atoms with Crippen LogP contribution in [0.25, 0.3) is 0 Å². The first-order valence-electron chi connectivity index (χ1n) is 16.3. The van der Waals surface area contributed by atoms with Gasteiger partial charge in [-0.25, -0.2) is 9.97 Å². The van der Waals surface area contributed by atoms with Crippen molar-refractivity contribution in [2.75, 3.05) is 39.8 Å². The lowest BCUT2D eigenvalue weighted by Crippen LogP contribution is -2.45. The lowest BCUT2D eigenvalue weighted by Gasteiger charge is -2.42. The minimum Gasteiger partial charge on any atom is -0.469 e. The fraction of sp³-hybridized carbons (Fsp3) is 0.618. The number of methoxy groups -OCH3 is 1. The number of aromatic amines is 1. The molecule has 0 atom stereocenters. The summed E-state index contributed by atoms with van der Waals surface area (Å²) in [5.74, 6) is 1.80. The molecule has 0 aliphatic carbocycles. The molecule has 3 aromatic rings. The van der Waals surface area contributed by atoms with E-state index in [4.69, 9.17) is 9.72 Å². The maximum Gasteiger partial charge on any atom is 0.309 e. The molecule has 9 heteroatoms. The number of aromatic nitrogens is 4. The monoisotopic (exact) mass is 589 g/mol. The summed E-state index contributed by atoms with van der Waals surface area (Å²) < 4.78 is 7.14. The molecule has 1 spiro atoms. The number of carbonyl (C=O) groups excluding carboxylic acids is 1. The highest BCUT2D eigenvalue weighted by atomic mass is 16.5. The summed E-state index contributed by atoms with van der Waals surface area (Å²) in [5.41, 5.74) is 2.69. The molecule has 2 saturated heterocycles. The standard InChI is InChI=1S/C34H51N7O2/c1-4-30(5-2)40-20-12-34(13-21-40)11-19-38(27-34)17-6-18-41-22-16-37-32(41)26-39(25-31-35-14-15-36-31)24-29-9-7-28(8-10-29)23-33(42)43-3/h7-10,14-16,22,30H,4-6,11-13,17-21,23-27H2,1-3H3,(H,35,36). The molecule has 5 rings (SSSR count). The normalized spacial score (nSPS) is 17.4. The summed E-state index contributed by atoms with van der Waals surface area (Å²) >= 11 is 0. The molecule has 2 aliphatic heterocycles. The molecule has 0 amide bonds. The van der Waals surface area contributed by atoms with Crippen molar-refractivity contribution >= 4 is 5.97 Å². The van der Waals surface area contributed by atoms with Gasteiger partial charge in [0, 0.05) is 50.5 Å². The van der Waals surface area contributed by atoms with Gasteiger partial charge in [0.05, 0.1) is 26.6 Å². The van der Waals surface area contributed by atoms with Crippen molar-refractivity contribution < 1.29 is 9.53 Å². The summed E-state index contributed by atoms with van der Waals surface area (Å²) in [6.07, 6.45) is 15.8. The maximum atomic E-state index is 11.6. The number of ether oxygens (including phenoxy) is 1. The van der Waals surface area contributed by atoms with Crippen LogP contribution < -0.4 is 0 Å². The molecule has 2 aromatic heterocycles. The lowest BCUT2D eigenvalue weighted by atomic mass is 9.77. The van der Waals surface area contributed by atoms with E-state index in [-0.39, 0.29) is 5.97 Å². The third kappa shape index (κ3) is 8.55. The molecule has 0 radical (unpaired) electrons. The Hall–Kier alpha value is -3.01. The Bertz CT molecular complexity index is 1240. The van der Waals surface area contributed by atoms with E-state index >= 15 is 0 Å². The predicted molar refractivity (Wildman–Crippen MR) is 169 cm³/mol. The van der Waals surface area contributed by atoms with Crippen LogP contribution in [0.5, 0.6) is 0 Å². The van der Waals surface area contributed by atoms with E-state index in [1.165, 1.54) is 71.0 Å². The van der Waals surface area contributed by atoms with E-state index in [1.807, 2.05) is 24.5 Å². The zero-order valence-corrected chi connectivity index (χ0v) is 26.5. The Balaban J connectivity index is 1.13. The first kappa shape index (κ1) is 31.4. The van der Waals surface area contributed by atoms with E-state index in [0.717, 1.165) is 55.9 Å². The van der Waals surface area contributed by atoms with Gasteiger partial charge < -0.3 is 24.1 Å². The largest absolute Gasteiger partial charge is 0.469 e. The number of rotatable bonds is 15. The first-order chi connectivity index (χ1) is 21.0. The predicted octanol–water partition coefficient (Wildman–Crippen LogP) is 4.89. The second kappa shape index (κ2) is 15.1. The molecule has 2 fully saturated rings. The molecular formula is C34H51N7O2. The maximum absolute atomic E-state index is 11.6. The van der Waals surface area contributed by atoms with Crippen molar-refractivity contribution in [2.45, 2.75) is 91.0 Å². The zero-order valence-electron chi connectivity index (χ0n) is 26.5. The molecule has 43 heavy (non-hydrogen) atoms. The van der Waals surface area contributed by atoms with E-state index < -0.39 is 0 Å². The second-order valence-corrected chi connectivity index (χ2v) is 12.7. The molecule has 4 heterocycles. The van der Waals surface area contributed by atoms with Crippen molar-refractivity contribution in [2.24, 2.45) is 5.41 Å². The van der Waals surface area contributed by atoms with Crippen molar-refractivity contribution in [3.8, 4) is 0 Å². The molecule has 0 unspecified atom stereocenters. The quantitative estimate of drug-likeness (QED) is 0.253. The Morgan fingerprint density at radius 1 is 0.977 bits per heavy atom. The Labute approximate surface area is 257 Å². The number of esters is 1. The van der Waals surface area contributed by atoms with Crippen molar-refractivity contribution in [3.05, 3.63) is 71.8 Å². The fourth-order valence-electron chi connectivity index (χ4n) is 7.18. The number of likely N-dealkylation sites (tertiary alicyclic amines) is 2. The number of nitrogens with zero attached hydrogens (tertiary/aromatic N) is 6. The van der Waals surface area contributed by atoms with E-state index in [9.17, 15) is 4.79 Å². The van der Waals surface area contributed by atoms with Crippen LogP contribution in [0.4, 0.5) is 0 Å². The number of carbonyl (C=O) groups is 1. The minimum absolute atomic E-state index is 0.221. The van der Waals surface area contributed by atoms with Crippen LogP contribution in [0.2, 0.25) is 0 Å². The van der Waals surface area contributed by atoms with Crippen LogP contribution in [-0.4, -0.2) is 86.1 Å². The van der Waals surface area contributed by atoms with Gasteiger partial charge in [-0.3, -0.25) is 9.69 Å². The molecule has 2 aliphatic rings. The van der Waals surface area contributed by atoms with Crippen LogP contribution >= 0.6 is 0 Å². The van der Waals surface area contributed by atoms with Crippen LogP contribution in [-0.2, 0) is 42.1 Å². The molecule has 9 nitrogen and oxygen atoms in total. The van der Waals surface area contributed by atoms with Gasteiger partial charge in [-0.05, 0) is 81.2 Å². The van der Waals surface area contributed by atoms with Gasteiger partial charge in [0.1, 0.15) is 11.6 Å². The number of hydrogen-bond donors (Lipinski definition) is 1. The highest BCUT2D eigenvalue weighted by molar-refractivity contribution is 5.72. The minimum atomic E-state index is -0.221. The van der Waals surface area contributed by atoms with Gasteiger partial charge in [-0.15, -0.1) is 0 Å². The molecular weight excluding hydrogens is 538 g/mol. The number of benzene rings is 1. The third-order valence-electron chi connectivity index (χ3n) is 9.81. The number of H-pyrrole nitrogens is 1. The molecule has 0 saturated carbocycles. The molecule has 0 bridgehead atoms. The van der Waals surface area contributed by atoms with Crippen LogP contribution in [0, 0.1) is 5.41 Å². The SMILES string of the molecule is CCC(CC)N1CCC2(CCN(CCCn3ccnc3CN(Cc3ccc(CC(=O)OC)cc3)Cc3ncc[nH]3)C2)CC1. The van der Waals surface area contributed by atoms with Gasteiger partial charge in [0.2, 0.25) is 0 Å². The Morgan fingerprint density at radius 3 is 2.42 bits per heavy atom. The van der Waals surface area contributed by atoms with Gasteiger partial charge in [-0.2, -0.15) is 0 Å². The molecule has 234 valence electrons. The summed E-state index contributed by atoms with van der Waals surface area (Å²) in [4.78, 5) is 32.0. The van der Waals surface area contributed by atoms with Crippen molar-refractivity contribution in [3.63, 3.8) is 0 Å². The van der Waals surface area contributed by atoms with Crippen molar-refractivity contribution in [1.29, 1.82) is 0 Å². The van der Waals surface area contributed by atoms with Gasteiger partial charge in [-0.1, -0.05) is 38.1 Å². The summed E-state index contributed by atoms with van der Waals surface area (Å²) in [6, 6.07) is 8.98. The number of aryl methyl sites for hydroxylation is 1. The van der Waals surface area contributed by atoms with E-state index in [2.05, 4.69) is 61.4 Å². The van der Waals surface area contributed by atoms with E-state index in [1.54, 1.807) is 6.20 Å². The number of piperidine rings is 1. The number of imidazole rings is 2. The topological polar surface area (TPSA) is 82.5 Å². The Kier molecular flexibility index (Phi) is 11.1. The summed E-state index contributed by atoms with van der Waals surface area (Å²) in [6.45, 7) is 14.1. The highest BCUT2D eigenvalue weighted by Gasteiger charge is 2.40. The number of nitrogens with one attached hydrogen (secondary N) is 1. The first-order valence-corrected chi connectivity index (χ1v) is 16.3.